The molecule has 11 saturated heterocycles. The van der Waals surface area contributed by atoms with Crippen LogP contribution in [0.3, 0.4) is 0 Å². The molecule has 1 saturated carbocycles. The van der Waals surface area contributed by atoms with Crippen LogP contribution in [-0.4, -0.2) is 538 Å². The highest BCUT2D eigenvalue weighted by atomic mass is 16.7. The number of carbonyl (C=O) groups is 4. The van der Waals surface area contributed by atoms with Gasteiger partial charge in [-0.05, 0) is 192 Å². The van der Waals surface area contributed by atoms with Gasteiger partial charge in [0.2, 0.25) is 17.7 Å². The van der Waals surface area contributed by atoms with Crippen LogP contribution < -0.4 is 10.6 Å². The Hall–Kier alpha value is -2.96. The molecule has 12 rings (SSSR count). The second-order valence-corrected chi connectivity index (χ2v) is 40.2. The van der Waals surface area contributed by atoms with E-state index in [0.29, 0.717) is 74.0 Å². The maximum absolute atomic E-state index is 11.6. The van der Waals surface area contributed by atoms with Crippen molar-refractivity contribution >= 4 is 23.6 Å². The van der Waals surface area contributed by atoms with Gasteiger partial charge in [0, 0.05) is 343 Å². The Morgan fingerprint density at radius 1 is 0.398 bits per heavy atom. The molecule has 726 valence electrons. The van der Waals surface area contributed by atoms with E-state index in [0.717, 1.165) is 148 Å². The average Bonchev–Trinajstić information content (AvgIpc) is 1.42. The molecular weight excluding hydrogens is 1550 g/mol. The zero-order valence-electron chi connectivity index (χ0n) is 85.5. The molecule has 0 unspecified atom stereocenters. The summed E-state index contributed by atoms with van der Waals surface area (Å²) in [7, 11) is 12.7. The third kappa shape index (κ3) is 48.1. The van der Waals surface area contributed by atoms with E-state index in [9.17, 15) is 19.2 Å². The lowest BCUT2D eigenvalue weighted by Gasteiger charge is -2.43. The molecule has 29 heteroatoms. The van der Waals surface area contributed by atoms with Crippen LogP contribution in [0.2, 0.25) is 0 Å². The molecule has 0 spiro atoms. The molecule has 2 N–H and O–H groups in total. The van der Waals surface area contributed by atoms with Gasteiger partial charge in [-0.3, -0.25) is 92.6 Å². The number of piperazine rings is 10. The zero-order valence-corrected chi connectivity index (χ0v) is 85.5. The van der Waals surface area contributed by atoms with E-state index in [4.69, 9.17) is 14.3 Å². The van der Waals surface area contributed by atoms with Crippen LogP contribution >= 0.6 is 0 Å². The van der Waals surface area contributed by atoms with Gasteiger partial charge in [0.05, 0.1) is 59.2 Å². The van der Waals surface area contributed by atoms with Gasteiger partial charge in [0.15, 0.2) is 0 Å². The molecule has 29 nitrogen and oxygen atoms in total. The van der Waals surface area contributed by atoms with Crippen LogP contribution in [0.25, 0.3) is 0 Å². The highest BCUT2D eigenvalue weighted by Crippen LogP contribution is 2.30. The van der Waals surface area contributed by atoms with Gasteiger partial charge in [-0.15, -0.1) is 0 Å². The Labute approximate surface area is 756 Å². The SMILES string of the molecule is CC(C)N1CCN(C(C)(C)C)CC1.CC(C)N1CCN(C)CC1.CC(C)N1CCN(C)CC1=O.CC(C)N1CCN(C2COC2)CC1.CC(C)N1CCN(CC(=O)N(C)C)CC1.CC(C)N1CCN(CC2CC2)CC1.CC(C)N1CCNCC1.CC(C)N1CCNCC1=O.COCCN1CCN(C(C)C)CC1.CON(C)C(=O)CN1CCN(C(C)C)CC1. The van der Waals surface area contributed by atoms with Crippen molar-refractivity contribution in [2.24, 2.45) is 5.92 Å². The second-order valence-electron chi connectivity index (χ2n) is 40.2. The standard InChI is InChI=1S/C11H23N3O2.C11H23N3O.C11H22N2.C11H24N2.C10H20N2O.C10H22N2O.C8H16N2O.C8H18N2.C7H14N2O.C7H16N2/c1-10(2)14-7-5-13(6-8-14)9-11(15)12(3)16-4;1-10(2)14-7-5-13(6-8-14)9-11(15)12(3)4;1-10(2)13-7-5-12(6-8-13)9-11-3-4-11;1-10(2)12-6-8-13(9-7-12)11(3,4)5;1-9(2)11-3-5-12(6-4-11)10-7-13-8-10;1-10(2)12-6-4-11(5-7-12)8-9-13-3;1-7(2)10-5-4-9(3)6-8(10)11;1-8(2)10-6-4-9(3)5-7-10;1-6(2)9-4-3-8-5-7(9)10;1-7(2)9-5-3-8-4-6-9/h10H,5-9H2,1-4H3;10H,5-9H2,1-4H3;10-11H,3-9H2,1-2H3;10H,6-9H2,1-5H3;9-10H,3-8H2,1-2H3;10H,4-9H2,1-3H3;7H,4-6H2,1-3H3;8H,4-7H2,1-3H3;6,8H,3-5H2,1-2H3;7-8H,3-6H2,1-2H3. The summed E-state index contributed by atoms with van der Waals surface area (Å²) in [5.41, 5.74) is 0.350. The molecule has 12 aliphatic rings. The molecule has 1 aliphatic carbocycles. The molecule has 0 bridgehead atoms. The first-order chi connectivity index (χ1) is 58.0. The van der Waals surface area contributed by atoms with Crippen molar-refractivity contribution in [3.05, 3.63) is 0 Å². The number of nitrogens with one attached hydrogen (secondary N) is 2. The number of hydroxylamine groups is 2. The van der Waals surface area contributed by atoms with Crippen molar-refractivity contribution in [1.82, 2.24) is 109 Å². The molecule has 0 aromatic rings. The van der Waals surface area contributed by atoms with Crippen molar-refractivity contribution in [3.63, 3.8) is 0 Å². The molecule has 0 aromatic heterocycles. The largest absolute Gasteiger partial charge is 0.383 e. The number of rotatable bonds is 21. The van der Waals surface area contributed by atoms with E-state index < -0.39 is 0 Å². The Balaban J connectivity index is 0.000000354. The number of carbonyl (C=O) groups excluding carboxylic acids is 4. The quantitative estimate of drug-likeness (QED) is 0.140. The summed E-state index contributed by atoms with van der Waals surface area (Å²) in [5.74, 6) is 1.76. The summed E-state index contributed by atoms with van der Waals surface area (Å²) in [5, 5.41) is 7.64. The van der Waals surface area contributed by atoms with Gasteiger partial charge in [0.25, 0.3) is 5.91 Å². The maximum atomic E-state index is 11.6. The van der Waals surface area contributed by atoms with E-state index in [-0.39, 0.29) is 23.6 Å². The Kier molecular flexibility index (Phi) is 57.9. The van der Waals surface area contributed by atoms with Crippen LogP contribution in [-0.2, 0) is 33.5 Å². The molecule has 4 amide bonds. The van der Waals surface area contributed by atoms with Gasteiger partial charge in [-0.1, -0.05) is 0 Å². The van der Waals surface area contributed by atoms with Gasteiger partial charge in [-0.25, -0.2) is 5.06 Å². The molecule has 0 aromatic carbocycles. The summed E-state index contributed by atoms with van der Waals surface area (Å²) in [4.78, 5) is 95.1. The predicted molar refractivity (Wildman–Crippen MR) is 514 cm³/mol. The van der Waals surface area contributed by atoms with Gasteiger partial charge >= 0.3 is 0 Å². The summed E-state index contributed by atoms with van der Waals surface area (Å²) in [6, 6.07) is 6.98. The molecule has 12 fully saturated rings. The maximum Gasteiger partial charge on any atom is 0.259 e. The minimum absolute atomic E-state index is 0.0143. The number of ether oxygens (including phenoxy) is 2. The Morgan fingerprint density at radius 3 is 1.06 bits per heavy atom. The summed E-state index contributed by atoms with van der Waals surface area (Å²) < 4.78 is 10.3. The van der Waals surface area contributed by atoms with E-state index in [2.05, 4.69) is 241 Å². The Morgan fingerprint density at radius 2 is 0.740 bits per heavy atom. The number of hydrogen-bond donors (Lipinski definition) is 2. The first kappa shape index (κ1) is 114. The first-order valence-corrected chi connectivity index (χ1v) is 48.8. The van der Waals surface area contributed by atoms with Crippen molar-refractivity contribution in [3.8, 4) is 0 Å². The van der Waals surface area contributed by atoms with Gasteiger partial charge in [-0.2, -0.15) is 0 Å². The van der Waals surface area contributed by atoms with E-state index in [1.54, 1.807) is 19.1 Å². The number of amides is 4. The zero-order chi connectivity index (χ0) is 92.1. The third-order valence-electron chi connectivity index (χ3n) is 26.4. The second kappa shape index (κ2) is 62.4. The summed E-state index contributed by atoms with van der Waals surface area (Å²) in [6.45, 7) is 100. The Bertz CT molecular complexity index is 2660. The minimum Gasteiger partial charge on any atom is -0.383 e. The molecule has 11 aliphatic heterocycles. The summed E-state index contributed by atoms with van der Waals surface area (Å²) in [6.07, 6.45) is 2.98. The predicted octanol–water partition coefficient (Wildman–Crippen LogP) is 5.37. The molecular formula is C94H198N22O7. The topological polar surface area (TPSA) is 185 Å². The van der Waals surface area contributed by atoms with E-state index in [1.807, 2.05) is 44.8 Å². The van der Waals surface area contributed by atoms with Crippen LogP contribution in [0, 0.1) is 5.92 Å². The van der Waals surface area contributed by atoms with Crippen LogP contribution in [0.15, 0.2) is 0 Å². The van der Waals surface area contributed by atoms with Crippen LogP contribution in [0.4, 0.5) is 0 Å². The van der Waals surface area contributed by atoms with Crippen LogP contribution in [0.1, 0.15) is 172 Å². The highest BCUT2D eigenvalue weighted by Gasteiger charge is 2.33. The summed E-state index contributed by atoms with van der Waals surface area (Å²) >= 11 is 0. The lowest BCUT2D eigenvalue weighted by Crippen LogP contribution is -2.57. The normalized spacial score (nSPS) is 22.5. The molecule has 0 atom stereocenters. The highest BCUT2D eigenvalue weighted by molar-refractivity contribution is 5.80. The third-order valence-corrected chi connectivity index (χ3v) is 26.4. The van der Waals surface area contributed by atoms with Gasteiger partial charge < -0.3 is 44.6 Å². The van der Waals surface area contributed by atoms with Crippen molar-refractivity contribution in [2.75, 3.05) is 344 Å². The molecule has 11 heterocycles. The van der Waals surface area contributed by atoms with Crippen molar-refractivity contribution < 1.29 is 33.5 Å². The van der Waals surface area contributed by atoms with Gasteiger partial charge in [0.1, 0.15) is 0 Å². The fourth-order valence-corrected chi connectivity index (χ4v) is 16.5. The number of likely N-dealkylation sites (N-methyl/N-ethyl adjacent to an activating group) is 4. The van der Waals surface area contributed by atoms with E-state index in [1.165, 1.54) is 176 Å². The smallest absolute Gasteiger partial charge is 0.259 e. The minimum atomic E-state index is 0.0143. The molecule has 123 heavy (non-hydrogen) atoms. The lowest BCUT2D eigenvalue weighted by molar-refractivity contribution is -0.170. The lowest BCUT2D eigenvalue weighted by atomic mass is 10.0. The number of hydrogen-bond acceptors (Lipinski definition) is 25. The van der Waals surface area contributed by atoms with Crippen molar-refractivity contribution in [1.29, 1.82) is 0 Å². The number of methoxy groups -OCH3 is 1. The molecule has 0 radical (unpaired) electrons. The first-order valence-electron chi connectivity index (χ1n) is 48.8. The fraction of sp³-hybridized carbons (Fsp3) is 0.957. The van der Waals surface area contributed by atoms with Crippen molar-refractivity contribution in [2.45, 2.75) is 244 Å². The van der Waals surface area contributed by atoms with E-state index >= 15 is 0 Å². The monoisotopic (exact) mass is 1750 g/mol. The van der Waals surface area contributed by atoms with Crippen LogP contribution in [0.5, 0.6) is 0 Å². The average molecular weight is 1750 g/mol. The fourth-order valence-electron chi connectivity index (χ4n) is 16.5. The number of nitrogens with zero attached hydrogens (tertiary/aromatic N) is 20.